The maximum atomic E-state index is 12.1. The highest BCUT2D eigenvalue weighted by Crippen LogP contribution is 2.25. The van der Waals surface area contributed by atoms with Crippen LogP contribution in [0.1, 0.15) is 22.3 Å². The van der Waals surface area contributed by atoms with Crippen molar-refractivity contribution < 1.29 is 15.0 Å². The molecule has 0 saturated carbocycles. The minimum absolute atomic E-state index is 0.0647. The van der Waals surface area contributed by atoms with E-state index in [-0.39, 0.29) is 17.1 Å². The van der Waals surface area contributed by atoms with Crippen LogP contribution in [0.4, 0.5) is 0 Å². The van der Waals surface area contributed by atoms with E-state index < -0.39 is 5.91 Å². The Kier molecular flexibility index (Phi) is 5.80. The summed E-state index contributed by atoms with van der Waals surface area (Å²) in [4.78, 5) is 12.1. The van der Waals surface area contributed by atoms with E-state index in [1.807, 2.05) is 32.0 Å². The molecule has 0 radical (unpaired) electrons. The molecular weight excluding hydrogens is 316 g/mol. The van der Waals surface area contributed by atoms with Gasteiger partial charge in [0.05, 0.1) is 0 Å². The van der Waals surface area contributed by atoms with Gasteiger partial charge in [-0.1, -0.05) is 24.3 Å². The molecule has 0 aliphatic carbocycles. The van der Waals surface area contributed by atoms with Crippen molar-refractivity contribution in [2.24, 2.45) is 0 Å². The second-order valence-electron chi connectivity index (χ2n) is 5.84. The zero-order valence-electron chi connectivity index (χ0n) is 14.2. The fourth-order valence-corrected chi connectivity index (χ4v) is 2.32. The Morgan fingerprint density at radius 2 is 1.88 bits per heavy atom. The van der Waals surface area contributed by atoms with E-state index in [2.05, 4.69) is 11.4 Å². The Balaban J connectivity index is 2.00. The number of hydrogen-bond donors (Lipinski definition) is 3. The highest BCUT2D eigenvalue weighted by atomic mass is 16.3. The van der Waals surface area contributed by atoms with E-state index in [4.69, 9.17) is 0 Å². The van der Waals surface area contributed by atoms with Gasteiger partial charge in [0.15, 0.2) is 11.5 Å². The molecule has 0 saturated heterocycles. The average molecular weight is 336 g/mol. The van der Waals surface area contributed by atoms with Gasteiger partial charge in [0.2, 0.25) is 0 Å². The van der Waals surface area contributed by atoms with Crippen molar-refractivity contribution in [1.82, 2.24) is 5.32 Å². The topological polar surface area (TPSA) is 93.4 Å². The van der Waals surface area contributed by atoms with E-state index in [9.17, 15) is 20.3 Å². The number of aromatic hydroxyl groups is 2. The molecule has 2 aromatic rings. The van der Waals surface area contributed by atoms with E-state index in [0.29, 0.717) is 18.5 Å². The first kappa shape index (κ1) is 18.1. The molecule has 25 heavy (non-hydrogen) atoms. The summed E-state index contributed by atoms with van der Waals surface area (Å²) in [6.45, 7) is 4.51. The van der Waals surface area contributed by atoms with Gasteiger partial charge in [-0.15, -0.1) is 0 Å². The molecule has 0 fully saturated rings. The number of amides is 1. The summed E-state index contributed by atoms with van der Waals surface area (Å²) < 4.78 is 0. The van der Waals surface area contributed by atoms with Gasteiger partial charge < -0.3 is 15.5 Å². The number of phenolic OH excluding ortho intramolecular Hbond substituents is 2. The van der Waals surface area contributed by atoms with Crippen molar-refractivity contribution in [3.63, 3.8) is 0 Å². The Morgan fingerprint density at radius 3 is 2.52 bits per heavy atom. The minimum Gasteiger partial charge on any atom is -0.504 e. The van der Waals surface area contributed by atoms with Crippen LogP contribution in [0.2, 0.25) is 0 Å². The van der Waals surface area contributed by atoms with Gasteiger partial charge in [-0.3, -0.25) is 4.79 Å². The minimum atomic E-state index is -0.473. The van der Waals surface area contributed by atoms with E-state index in [0.717, 1.165) is 5.56 Å². The third-order valence-electron chi connectivity index (χ3n) is 3.95. The molecule has 1 amide bonds. The maximum Gasteiger partial charge on any atom is 0.261 e. The lowest BCUT2D eigenvalue weighted by Crippen LogP contribution is -2.26. The molecule has 0 atom stereocenters. The largest absolute Gasteiger partial charge is 0.504 e. The van der Waals surface area contributed by atoms with Crippen molar-refractivity contribution in [3.05, 3.63) is 64.2 Å². The number of nitriles is 1. The summed E-state index contributed by atoms with van der Waals surface area (Å²) in [6.07, 6.45) is 2.04. The van der Waals surface area contributed by atoms with Gasteiger partial charge in [-0.2, -0.15) is 5.26 Å². The summed E-state index contributed by atoms with van der Waals surface area (Å²) >= 11 is 0. The zero-order valence-corrected chi connectivity index (χ0v) is 14.2. The quantitative estimate of drug-likeness (QED) is 0.444. The lowest BCUT2D eigenvalue weighted by molar-refractivity contribution is -0.117. The maximum absolute atomic E-state index is 12.1. The Hall–Kier alpha value is -3.26. The molecule has 3 N–H and O–H groups in total. The molecule has 0 heterocycles. The molecule has 0 aromatic heterocycles. The van der Waals surface area contributed by atoms with Crippen molar-refractivity contribution in [2.75, 3.05) is 6.54 Å². The van der Waals surface area contributed by atoms with Crippen LogP contribution in [-0.4, -0.2) is 22.7 Å². The first-order valence-electron chi connectivity index (χ1n) is 7.89. The van der Waals surface area contributed by atoms with E-state index in [1.54, 1.807) is 0 Å². The van der Waals surface area contributed by atoms with Crippen molar-refractivity contribution in [2.45, 2.75) is 20.3 Å². The first-order valence-corrected chi connectivity index (χ1v) is 7.89. The SMILES string of the molecule is Cc1ccc(CCNC(=O)/C(C#N)=C/c2ccc(O)c(O)c2)cc1C. The Morgan fingerprint density at radius 1 is 1.12 bits per heavy atom. The molecule has 0 bridgehead atoms. The van der Waals surface area contributed by atoms with E-state index in [1.165, 1.54) is 35.4 Å². The number of benzene rings is 2. The number of hydrogen-bond acceptors (Lipinski definition) is 4. The number of nitrogens with one attached hydrogen (secondary N) is 1. The molecule has 5 nitrogen and oxygen atoms in total. The fourth-order valence-electron chi connectivity index (χ4n) is 2.32. The molecule has 2 aromatic carbocycles. The number of carbonyl (C=O) groups is 1. The van der Waals surface area contributed by atoms with Crippen molar-refractivity contribution >= 4 is 12.0 Å². The van der Waals surface area contributed by atoms with Crippen LogP contribution < -0.4 is 5.32 Å². The van der Waals surface area contributed by atoms with Crippen LogP contribution in [-0.2, 0) is 11.2 Å². The summed E-state index contributed by atoms with van der Waals surface area (Å²) in [7, 11) is 0. The number of rotatable bonds is 5. The van der Waals surface area contributed by atoms with Crippen LogP contribution in [0.3, 0.4) is 0 Å². The molecular formula is C20H20N2O3. The summed E-state index contributed by atoms with van der Waals surface area (Å²) in [5.41, 5.74) is 3.93. The zero-order chi connectivity index (χ0) is 18.4. The predicted molar refractivity (Wildman–Crippen MR) is 96.0 cm³/mol. The molecule has 2 rings (SSSR count). The number of carbonyl (C=O) groups excluding carboxylic acids is 1. The van der Waals surface area contributed by atoms with E-state index >= 15 is 0 Å². The van der Waals surface area contributed by atoms with Crippen LogP contribution >= 0.6 is 0 Å². The lowest BCUT2D eigenvalue weighted by atomic mass is 10.0. The second kappa shape index (κ2) is 8.02. The van der Waals surface area contributed by atoms with Gasteiger partial charge in [0, 0.05) is 6.54 Å². The highest BCUT2D eigenvalue weighted by molar-refractivity contribution is 6.01. The summed E-state index contributed by atoms with van der Waals surface area (Å²) in [5.74, 6) is -1.03. The van der Waals surface area contributed by atoms with Gasteiger partial charge in [0.25, 0.3) is 5.91 Å². The average Bonchev–Trinajstić information content (AvgIpc) is 2.58. The smallest absolute Gasteiger partial charge is 0.261 e. The van der Waals surface area contributed by atoms with Crippen LogP contribution in [0.5, 0.6) is 11.5 Å². The van der Waals surface area contributed by atoms with Crippen LogP contribution in [0.25, 0.3) is 6.08 Å². The van der Waals surface area contributed by atoms with Crippen LogP contribution in [0, 0.1) is 25.2 Å². The Bertz CT molecular complexity index is 864. The normalized spacial score (nSPS) is 11.0. The monoisotopic (exact) mass is 336 g/mol. The molecule has 0 spiro atoms. The third-order valence-corrected chi connectivity index (χ3v) is 3.95. The number of phenols is 2. The van der Waals surface area contributed by atoms with Gasteiger partial charge in [-0.25, -0.2) is 0 Å². The third kappa shape index (κ3) is 4.85. The number of aryl methyl sites for hydroxylation is 2. The molecule has 128 valence electrons. The summed E-state index contributed by atoms with van der Waals surface area (Å²) in [6, 6.07) is 12.1. The first-order chi connectivity index (χ1) is 11.9. The molecule has 5 heteroatoms. The fraction of sp³-hybridized carbons (Fsp3) is 0.200. The number of nitrogens with zero attached hydrogens (tertiary/aromatic N) is 1. The molecule has 0 aliphatic heterocycles. The molecule has 0 aliphatic rings. The Labute approximate surface area is 146 Å². The molecule has 0 unspecified atom stereocenters. The highest BCUT2D eigenvalue weighted by Gasteiger charge is 2.09. The van der Waals surface area contributed by atoms with Crippen molar-refractivity contribution in [3.8, 4) is 17.6 Å². The van der Waals surface area contributed by atoms with Gasteiger partial charge in [0.1, 0.15) is 11.6 Å². The van der Waals surface area contributed by atoms with Crippen LogP contribution in [0.15, 0.2) is 42.0 Å². The second-order valence-corrected chi connectivity index (χ2v) is 5.84. The lowest BCUT2D eigenvalue weighted by Gasteiger charge is -2.07. The predicted octanol–water partition coefficient (Wildman–Crippen LogP) is 2.98. The van der Waals surface area contributed by atoms with Gasteiger partial charge in [-0.05, 0) is 60.7 Å². The van der Waals surface area contributed by atoms with Crippen molar-refractivity contribution in [1.29, 1.82) is 5.26 Å². The summed E-state index contributed by atoms with van der Waals surface area (Å²) in [5, 5.41) is 30.7. The van der Waals surface area contributed by atoms with Gasteiger partial charge >= 0.3 is 0 Å². The standard InChI is InChI=1S/C20H20N2O3/c1-13-3-4-15(9-14(13)2)7-8-22-20(25)17(12-21)10-16-5-6-18(23)19(24)11-16/h3-6,9-11,23-24H,7-8H2,1-2H3,(H,22,25)/b17-10+.